The summed E-state index contributed by atoms with van der Waals surface area (Å²) in [6.45, 7) is -0.609. The van der Waals surface area contributed by atoms with Crippen molar-refractivity contribution in [3.05, 3.63) is 73.5 Å². The lowest BCUT2D eigenvalue weighted by atomic mass is 10.1. The third kappa shape index (κ3) is 4.06. The van der Waals surface area contributed by atoms with Crippen LogP contribution in [0.4, 0.5) is 10.1 Å². The molecular formula is C15H8Cl2FNO5. The number of nitro benzene ring substituents is 1. The number of nitrogens with zero attached hydrogens (tertiary/aromatic N) is 1. The topological polar surface area (TPSA) is 86.5 Å². The number of ketones is 1. The number of Topliss-reactive ketones (excluding diaryl/α,β-unsaturated/α-hetero) is 1. The van der Waals surface area contributed by atoms with Crippen LogP contribution in [-0.2, 0) is 4.74 Å². The number of hydrogen-bond donors (Lipinski definition) is 0. The number of carbonyl (C=O) groups excluding carboxylic acids is 2. The van der Waals surface area contributed by atoms with Crippen molar-refractivity contribution in [3.8, 4) is 0 Å². The Morgan fingerprint density at radius 2 is 1.79 bits per heavy atom. The summed E-state index contributed by atoms with van der Waals surface area (Å²) >= 11 is 11.4. The average Bonchev–Trinajstić information content (AvgIpc) is 2.52. The molecule has 0 aromatic heterocycles. The highest BCUT2D eigenvalue weighted by molar-refractivity contribution is 6.33. The molecule has 0 unspecified atom stereocenters. The molecule has 0 bridgehead atoms. The van der Waals surface area contributed by atoms with E-state index < -0.39 is 40.4 Å². The molecule has 124 valence electrons. The van der Waals surface area contributed by atoms with E-state index in [0.29, 0.717) is 17.2 Å². The van der Waals surface area contributed by atoms with E-state index in [1.54, 1.807) is 0 Å². The van der Waals surface area contributed by atoms with Crippen molar-refractivity contribution in [2.24, 2.45) is 0 Å². The molecule has 2 aromatic carbocycles. The van der Waals surface area contributed by atoms with Crippen LogP contribution in [0, 0.1) is 15.9 Å². The average molecular weight is 372 g/mol. The summed E-state index contributed by atoms with van der Waals surface area (Å²) in [4.78, 5) is 33.5. The van der Waals surface area contributed by atoms with Crippen LogP contribution in [0.3, 0.4) is 0 Å². The standard InChI is InChI=1S/C15H8Cl2FNO5/c16-9-3-1-8(2-4-9)14(20)7-24-15(21)10-5-13(19(22)23)12(18)6-11(10)17/h1-6H,7H2. The molecule has 2 rings (SSSR count). The van der Waals surface area contributed by atoms with E-state index in [2.05, 4.69) is 0 Å². The van der Waals surface area contributed by atoms with Crippen molar-refractivity contribution < 1.29 is 23.6 Å². The zero-order chi connectivity index (χ0) is 17.9. The molecular weight excluding hydrogens is 364 g/mol. The predicted molar refractivity (Wildman–Crippen MR) is 84.1 cm³/mol. The SMILES string of the molecule is O=C(COC(=O)c1cc([N+](=O)[O-])c(F)cc1Cl)c1ccc(Cl)cc1. The second-order valence-electron chi connectivity index (χ2n) is 4.55. The Labute approximate surface area is 144 Å². The fourth-order valence-electron chi connectivity index (χ4n) is 1.76. The van der Waals surface area contributed by atoms with Gasteiger partial charge in [-0.3, -0.25) is 14.9 Å². The van der Waals surface area contributed by atoms with Gasteiger partial charge in [-0.05, 0) is 24.3 Å². The Morgan fingerprint density at radius 1 is 1.17 bits per heavy atom. The first kappa shape index (κ1) is 17.8. The first-order valence-corrected chi connectivity index (χ1v) is 7.14. The molecule has 0 fully saturated rings. The van der Waals surface area contributed by atoms with Gasteiger partial charge in [0.15, 0.2) is 12.4 Å². The maximum atomic E-state index is 13.4. The summed E-state index contributed by atoms with van der Waals surface area (Å²) in [5.74, 6) is -2.77. The number of ether oxygens (including phenoxy) is 1. The smallest absolute Gasteiger partial charge is 0.340 e. The van der Waals surface area contributed by atoms with Crippen LogP contribution in [-0.4, -0.2) is 23.3 Å². The van der Waals surface area contributed by atoms with Gasteiger partial charge in [0.2, 0.25) is 5.82 Å². The number of nitro groups is 1. The van der Waals surface area contributed by atoms with Gasteiger partial charge in [-0.1, -0.05) is 23.2 Å². The third-order valence-corrected chi connectivity index (χ3v) is 3.52. The third-order valence-electron chi connectivity index (χ3n) is 2.95. The summed E-state index contributed by atoms with van der Waals surface area (Å²) in [7, 11) is 0. The molecule has 0 amide bonds. The fourth-order valence-corrected chi connectivity index (χ4v) is 2.12. The fraction of sp³-hybridized carbons (Fsp3) is 0.0667. The van der Waals surface area contributed by atoms with Crippen LogP contribution >= 0.6 is 23.2 Å². The molecule has 6 nitrogen and oxygen atoms in total. The first-order chi connectivity index (χ1) is 11.3. The minimum atomic E-state index is -1.18. The van der Waals surface area contributed by atoms with Crippen molar-refractivity contribution in [1.82, 2.24) is 0 Å². The Balaban J connectivity index is 2.12. The van der Waals surface area contributed by atoms with Crippen LogP contribution < -0.4 is 0 Å². The molecule has 9 heteroatoms. The Kier molecular flexibility index (Phi) is 5.48. The molecule has 0 heterocycles. The highest BCUT2D eigenvalue weighted by Crippen LogP contribution is 2.26. The molecule has 24 heavy (non-hydrogen) atoms. The van der Waals surface area contributed by atoms with E-state index in [4.69, 9.17) is 27.9 Å². The Bertz CT molecular complexity index is 823. The van der Waals surface area contributed by atoms with E-state index in [0.717, 1.165) is 0 Å². The molecule has 0 aliphatic carbocycles. The number of benzene rings is 2. The summed E-state index contributed by atoms with van der Waals surface area (Å²) in [5, 5.41) is 10.8. The lowest BCUT2D eigenvalue weighted by molar-refractivity contribution is -0.387. The highest BCUT2D eigenvalue weighted by atomic mass is 35.5. The van der Waals surface area contributed by atoms with Crippen LogP contribution in [0.5, 0.6) is 0 Å². The van der Waals surface area contributed by atoms with Crippen LogP contribution in [0.1, 0.15) is 20.7 Å². The molecule has 0 aliphatic heterocycles. The summed E-state index contributed by atoms with van der Waals surface area (Å²) in [6, 6.07) is 7.19. The zero-order valence-electron chi connectivity index (χ0n) is 11.8. The molecule has 0 saturated carbocycles. The molecule has 2 aromatic rings. The van der Waals surface area contributed by atoms with E-state index >= 15 is 0 Å². The minimum absolute atomic E-state index is 0.267. The van der Waals surface area contributed by atoms with Crippen molar-refractivity contribution in [2.45, 2.75) is 0 Å². The molecule has 0 N–H and O–H groups in total. The number of carbonyl (C=O) groups is 2. The van der Waals surface area contributed by atoms with Gasteiger partial charge in [-0.2, -0.15) is 4.39 Å². The van der Waals surface area contributed by atoms with Gasteiger partial charge in [-0.15, -0.1) is 0 Å². The van der Waals surface area contributed by atoms with Crippen LogP contribution in [0.15, 0.2) is 36.4 Å². The number of rotatable bonds is 5. The summed E-state index contributed by atoms with van der Waals surface area (Å²) < 4.78 is 18.1. The van der Waals surface area contributed by atoms with Crippen molar-refractivity contribution in [3.63, 3.8) is 0 Å². The van der Waals surface area contributed by atoms with E-state index in [1.165, 1.54) is 24.3 Å². The van der Waals surface area contributed by atoms with Crippen molar-refractivity contribution in [1.29, 1.82) is 0 Å². The predicted octanol–water partition coefficient (Wildman–Crippen LogP) is 4.08. The van der Waals surface area contributed by atoms with E-state index in [1.807, 2.05) is 0 Å². The number of hydrogen-bond acceptors (Lipinski definition) is 5. The van der Waals surface area contributed by atoms with Gasteiger partial charge in [0.1, 0.15) is 0 Å². The molecule has 0 spiro atoms. The zero-order valence-corrected chi connectivity index (χ0v) is 13.3. The highest BCUT2D eigenvalue weighted by Gasteiger charge is 2.23. The quantitative estimate of drug-likeness (QED) is 0.342. The number of halogens is 3. The minimum Gasteiger partial charge on any atom is -0.454 e. The largest absolute Gasteiger partial charge is 0.454 e. The van der Waals surface area contributed by atoms with Gasteiger partial charge in [0, 0.05) is 22.7 Å². The molecule has 0 aliphatic rings. The Morgan fingerprint density at radius 3 is 2.38 bits per heavy atom. The summed E-state index contributed by atoms with van der Waals surface area (Å²) in [5.41, 5.74) is -1.06. The van der Waals surface area contributed by atoms with Crippen molar-refractivity contribution in [2.75, 3.05) is 6.61 Å². The van der Waals surface area contributed by atoms with Crippen molar-refractivity contribution >= 4 is 40.6 Å². The Hall–Kier alpha value is -2.51. The lowest BCUT2D eigenvalue weighted by Gasteiger charge is -2.06. The van der Waals surface area contributed by atoms with Gasteiger partial charge in [-0.25, -0.2) is 4.79 Å². The second-order valence-corrected chi connectivity index (χ2v) is 5.39. The maximum absolute atomic E-state index is 13.4. The summed E-state index contributed by atoms with van der Waals surface area (Å²) in [6.07, 6.45) is 0. The van der Waals surface area contributed by atoms with Gasteiger partial charge >= 0.3 is 11.7 Å². The molecule has 0 atom stereocenters. The first-order valence-electron chi connectivity index (χ1n) is 6.39. The van der Waals surface area contributed by atoms with Gasteiger partial charge in [0.05, 0.1) is 15.5 Å². The number of esters is 1. The van der Waals surface area contributed by atoms with Gasteiger partial charge in [0.25, 0.3) is 0 Å². The van der Waals surface area contributed by atoms with Crippen LogP contribution in [0.2, 0.25) is 10.0 Å². The second kappa shape index (κ2) is 7.37. The normalized spacial score (nSPS) is 10.3. The molecule has 0 radical (unpaired) electrons. The monoisotopic (exact) mass is 371 g/mol. The van der Waals surface area contributed by atoms with Crippen LogP contribution in [0.25, 0.3) is 0 Å². The van der Waals surface area contributed by atoms with E-state index in [-0.39, 0.29) is 10.6 Å². The lowest BCUT2D eigenvalue weighted by Crippen LogP contribution is -2.15. The van der Waals surface area contributed by atoms with E-state index in [9.17, 15) is 24.1 Å². The van der Waals surface area contributed by atoms with Gasteiger partial charge < -0.3 is 4.74 Å². The molecule has 0 saturated heterocycles. The maximum Gasteiger partial charge on any atom is 0.340 e.